The van der Waals surface area contributed by atoms with Crippen molar-refractivity contribution in [1.82, 2.24) is 29.3 Å². The van der Waals surface area contributed by atoms with Crippen molar-refractivity contribution in [2.24, 2.45) is 0 Å². The van der Waals surface area contributed by atoms with E-state index in [9.17, 15) is 4.79 Å². The van der Waals surface area contributed by atoms with Crippen molar-refractivity contribution in [2.75, 3.05) is 13.1 Å². The van der Waals surface area contributed by atoms with Crippen LogP contribution in [0.15, 0.2) is 42.9 Å². The third-order valence-electron chi connectivity index (χ3n) is 5.03. The minimum Gasteiger partial charge on any atom is -0.341 e. The Kier molecular flexibility index (Phi) is 4.21. The van der Waals surface area contributed by atoms with Crippen molar-refractivity contribution in [3.8, 4) is 0 Å². The molecule has 1 amide bonds. The maximum absolute atomic E-state index is 12.9. The van der Waals surface area contributed by atoms with Gasteiger partial charge in [-0.15, -0.1) is 10.2 Å². The van der Waals surface area contributed by atoms with E-state index >= 15 is 0 Å². The van der Waals surface area contributed by atoms with Crippen LogP contribution < -0.4 is 0 Å². The molecule has 0 N–H and O–H groups in total. The maximum atomic E-state index is 12.9. The van der Waals surface area contributed by atoms with Crippen LogP contribution in [0.3, 0.4) is 0 Å². The third-order valence-corrected chi connectivity index (χ3v) is 5.03. The van der Waals surface area contributed by atoms with Gasteiger partial charge in [-0.2, -0.15) is 5.10 Å². The summed E-state index contributed by atoms with van der Waals surface area (Å²) >= 11 is 0. The lowest BCUT2D eigenvalue weighted by molar-refractivity contribution is -0.136. The molecule has 7 heteroatoms. The van der Waals surface area contributed by atoms with Gasteiger partial charge in [-0.25, -0.2) is 0 Å². The number of rotatable bonds is 4. The summed E-state index contributed by atoms with van der Waals surface area (Å²) in [5, 5.41) is 12.9. The Hall–Kier alpha value is -2.70. The van der Waals surface area contributed by atoms with Gasteiger partial charge >= 0.3 is 0 Å². The quantitative estimate of drug-likeness (QED) is 0.732. The lowest BCUT2D eigenvalue weighted by Gasteiger charge is -2.33. The van der Waals surface area contributed by atoms with Crippen LogP contribution in [0.1, 0.15) is 44.0 Å². The average molecular weight is 338 g/mol. The molecule has 3 aromatic rings. The van der Waals surface area contributed by atoms with Gasteiger partial charge in [-0.1, -0.05) is 13.0 Å². The number of likely N-dealkylation sites (tertiary alicyclic amines) is 1. The van der Waals surface area contributed by atoms with Gasteiger partial charge in [0.1, 0.15) is 11.9 Å². The number of aromatic nitrogens is 5. The zero-order valence-electron chi connectivity index (χ0n) is 14.3. The second-order valence-corrected chi connectivity index (χ2v) is 6.50. The van der Waals surface area contributed by atoms with Crippen LogP contribution >= 0.6 is 0 Å². The average Bonchev–Trinajstić information content (AvgIpc) is 3.32. The summed E-state index contributed by atoms with van der Waals surface area (Å²) in [4.78, 5) is 14.8. The van der Waals surface area contributed by atoms with E-state index in [1.54, 1.807) is 10.9 Å². The Labute approximate surface area is 146 Å². The Morgan fingerprint density at radius 2 is 2.04 bits per heavy atom. The summed E-state index contributed by atoms with van der Waals surface area (Å²) in [6.45, 7) is 3.53. The minimum absolute atomic E-state index is 0.163. The summed E-state index contributed by atoms with van der Waals surface area (Å²) in [5.41, 5.74) is 0.876. The van der Waals surface area contributed by atoms with Gasteiger partial charge in [-0.3, -0.25) is 13.9 Å². The highest BCUT2D eigenvalue weighted by Crippen LogP contribution is 2.28. The molecule has 0 bridgehead atoms. The number of nitrogens with zero attached hydrogens (tertiary/aromatic N) is 6. The molecule has 1 aliphatic rings. The van der Waals surface area contributed by atoms with Gasteiger partial charge < -0.3 is 4.90 Å². The lowest BCUT2D eigenvalue weighted by Crippen LogP contribution is -2.42. The molecular formula is C18H22N6O. The topological polar surface area (TPSA) is 68.3 Å². The number of hydrogen-bond acceptors (Lipinski definition) is 4. The summed E-state index contributed by atoms with van der Waals surface area (Å²) in [7, 11) is 0. The van der Waals surface area contributed by atoms with Gasteiger partial charge in [0.25, 0.3) is 0 Å². The van der Waals surface area contributed by atoms with E-state index in [0.29, 0.717) is 5.92 Å². The van der Waals surface area contributed by atoms with Crippen LogP contribution in [0.25, 0.3) is 5.65 Å². The number of fused-ring (bicyclic) bond motifs is 1. The maximum Gasteiger partial charge on any atom is 0.247 e. The number of carbonyl (C=O) groups is 1. The van der Waals surface area contributed by atoms with Gasteiger partial charge in [0.15, 0.2) is 5.65 Å². The smallest absolute Gasteiger partial charge is 0.247 e. The van der Waals surface area contributed by atoms with Gasteiger partial charge in [-0.05, 0) is 37.5 Å². The van der Waals surface area contributed by atoms with Crippen molar-refractivity contribution in [1.29, 1.82) is 0 Å². The summed E-state index contributed by atoms with van der Waals surface area (Å²) in [5.74, 6) is 1.50. The summed E-state index contributed by atoms with van der Waals surface area (Å²) in [6.07, 6.45) is 8.16. The molecule has 130 valence electrons. The minimum atomic E-state index is -0.208. The van der Waals surface area contributed by atoms with Gasteiger partial charge in [0, 0.05) is 37.6 Å². The molecule has 0 unspecified atom stereocenters. The van der Waals surface area contributed by atoms with Crippen molar-refractivity contribution >= 4 is 11.6 Å². The van der Waals surface area contributed by atoms with Crippen LogP contribution in [-0.2, 0) is 4.79 Å². The van der Waals surface area contributed by atoms with Crippen molar-refractivity contribution in [2.45, 2.75) is 38.1 Å². The first kappa shape index (κ1) is 15.8. The highest BCUT2D eigenvalue weighted by atomic mass is 16.2. The molecule has 0 radical (unpaired) electrons. The van der Waals surface area contributed by atoms with Crippen LogP contribution in [0.5, 0.6) is 0 Å². The normalized spacial score (nSPS) is 17.1. The second-order valence-electron chi connectivity index (χ2n) is 6.50. The molecule has 0 aromatic carbocycles. The zero-order valence-corrected chi connectivity index (χ0v) is 14.3. The molecular weight excluding hydrogens is 316 g/mol. The first-order valence-corrected chi connectivity index (χ1v) is 8.85. The molecule has 1 aliphatic heterocycles. The van der Waals surface area contributed by atoms with Crippen LogP contribution in [0.2, 0.25) is 0 Å². The first-order chi connectivity index (χ1) is 12.3. The van der Waals surface area contributed by atoms with Crippen LogP contribution in [-0.4, -0.2) is 48.3 Å². The Bertz CT molecular complexity index is 847. The molecule has 4 rings (SSSR count). The molecule has 1 saturated heterocycles. The van der Waals surface area contributed by atoms with Crippen LogP contribution in [0, 0.1) is 0 Å². The largest absolute Gasteiger partial charge is 0.341 e. The molecule has 25 heavy (non-hydrogen) atoms. The van der Waals surface area contributed by atoms with E-state index in [1.165, 1.54) is 0 Å². The summed E-state index contributed by atoms with van der Waals surface area (Å²) in [6, 6.07) is 7.58. The number of hydrogen-bond donors (Lipinski definition) is 0. The molecule has 1 atom stereocenters. The highest BCUT2D eigenvalue weighted by Gasteiger charge is 2.30. The van der Waals surface area contributed by atoms with E-state index in [1.807, 2.05) is 48.5 Å². The standard InChI is InChI=1S/C18H22N6O/c1-2-15(24-11-5-9-19-24)18(25)22-12-7-14(8-13-22)17-21-20-16-6-3-4-10-23(16)17/h3-6,9-11,14-15H,2,7-8,12-13H2,1H3/t15-/m0/s1. The van der Waals surface area contributed by atoms with E-state index in [0.717, 1.165) is 43.8 Å². The molecule has 0 spiro atoms. The van der Waals surface area contributed by atoms with Crippen molar-refractivity contribution in [3.63, 3.8) is 0 Å². The zero-order chi connectivity index (χ0) is 17.2. The van der Waals surface area contributed by atoms with E-state index in [4.69, 9.17) is 0 Å². The third kappa shape index (κ3) is 2.90. The highest BCUT2D eigenvalue weighted by molar-refractivity contribution is 5.80. The summed E-state index contributed by atoms with van der Waals surface area (Å²) < 4.78 is 3.82. The predicted octanol–water partition coefficient (Wildman–Crippen LogP) is 2.28. The monoisotopic (exact) mass is 338 g/mol. The molecule has 7 nitrogen and oxygen atoms in total. The fourth-order valence-electron chi connectivity index (χ4n) is 3.65. The Balaban J connectivity index is 1.45. The van der Waals surface area contributed by atoms with Crippen molar-refractivity contribution < 1.29 is 4.79 Å². The Morgan fingerprint density at radius 3 is 2.76 bits per heavy atom. The molecule has 0 saturated carbocycles. The SMILES string of the molecule is CC[C@@H](C(=O)N1CCC(c2nnc3ccccn23)CC1)n1cccn1. The second kappa shape index (κ2) is 6.66. The van der Waals surface area contributed by atoms with Gasteiger partial charge in [0.05, 0.1) is 0 Å². The number of amides is 1. The number of carbonyl (C=O) groups excluding carboxylic acids is 1. The Morgan fingerprint density at radius 1 is 1.20 bits per heavy atom. The molecule has 3 aromatic heterocycles. The molecule has 0 aliphatic carbocycles. The number of pyridine rings is 1. The van der Waals surface area contributed by atoms with E-state index < -0.39 is 0 Å². The molecule has 1 fully saturated rings. The fourth-order valence-corrected chi connectivity index (χ4v) is 3.65. The van der Waals surface area contributed by atoms with E-state index in [2.05, 4.69) is 19.7 Å². The van der Waals surface area contributed by atoms with Crippen LogP contribution in [0.4, 0.5) is 0 Å². The van der Waals surface area contributed by atoms with Crippen molar-refractivity contribution in [3.05, 3.63) is 48.7 Å². The fraction of sp³-hybridized carbons (Fsp3) is 0.444. The van der Waals surface area contributed by atoms with E-state index in [-0.39, 0.29) is 11.9 Å². The van der Waals surface area contributed by atoms with Gasteiger partial charge in [0.2, 0.25) is 5.91 Å². The number of piperidine rings is 1. The first-order valence-electron chi connectivity index (χ1n) is 8.85. The predicted molar refractivity (Wildman–Crippen MR) is 93.1 cm³/mol. The lowest BCUT2D eigenvalue weighted by atomic mass is 9.95. The molecule has 4 heterocycles.